The number of nitrogens with one attached hydrogen (secondary N) is 2. The van der Waals surface area contributed by atoms with Gasteiger partial charge in [0, 0.05) is 21.4 Å². The van der Waals surface area contributed by atoms with E-state index in [-0.39, 0.29) is 16.8 Å². The fraction of sp³-hybridized carbons (Fsp3) is 0.136. The highest BCUT2D eigenvalue weighted by Gasteiger charge is 2.28. The van der Waals surface area contributed by atoms with Crippen molar-refractivity contribution in [3.63, 3.8) is 0 Å². The van der Waals surface area contributed by atoms with E-state index in [0.717, 1.165) is 22.6 Å². The van der Waals surface area contributed by atoms with Crippen molar-refractivity contribution >= 4 is 33.4 Å². The lowest BCUT2D eigenvalue weighted by Gasteiger charge is -2.12. The Kier molecular flexibility index (Phi) is 5.71. The van der Waals surface area contributed by atoms with E-state index in [1.807, 2.05) is 54.6 Å². The summed E-state index contributed by atoms with van der Waals surface area (Å²) in [6, 6.07) is 23.5. The zero-order chi connectivity index (χ0) is 20.3. The molecule has 2 N–H and O–H groups in total. The van der Waals surface area contributed by atoms with E-state index in [1.54, 1.807) is 23.9 Å². The lowest BCUT2D eigenvalue weighted by molar-refractivity contribution is 0.102. The van der Waals surface area contributed by atoms with Crippen LogP contribution in [0.25, 0.3) is 0 Å². The molecule has 1 aliphatic rings. The number of amides is 1. The molecule has 29 heavy (non-hydrogen) atoms. The molecule has 4 rings (SSSR count). The Bertz CT molecular complexity index is 1130. The van der Waals surface area contributed by atoms with Crippen molar-refractivity contribution in [2.45, 2.75) is 33.6 Å². The van der Waals surface area contributed by atoms with Crippen LogP contribution in [0.5, 0.6) is 0 Å². The van der Waals surface area contributed by atoms with Crippen LogP contribution in [0.4, 0.5) is 5.69 Å². The first-order chi connectivity index (χ1) is 14.0. The summed E-state index contributed by atoms with van der Waals surface area (Å²) >= 11 is 1.55. The molecule has 0 saturated heterocycles. The minimum atomic E-state index is -3.61. The summed E-state index contributed by atoms with van der Waals surface area (Å²) in [6.45, 7) is 0. The molecule has 0 unspecified atom stereocenters. The first kappa shape index (κ1) is 19.7. The van der Waals surface area contributed by atoms with Gasteiger partial charge in [-0.25, -0.2) is 13.1 Å². The van der Waals surface area contributed by atoms with Gasteiger partial charge in [-0.1, -0.05) is 48.2 Å². The minimum absolute atomic E-state index is 0.0133. The van der Waals surface area contributed by atoms with Crippen LogP contribution in [0.2, 0.25) is 0 Å². The maximum Gasteiger partial charge on any atom is 0.255 e. The summed E-state index contributed by atoms with van der Waals surface area (Å²) in [5, 5.41) is 2.90. The van der Waals surface area contributed by atoms with Gasteiger partial charge in [0.2, 0.25) is 10.0 Å². The van der Waals surface area contributed by atoms with Crippen molar-refractivity contribution in [2.75, 3.05) is 5.32 Å². The molecular formula is C22H20N2O3S2. The number of para-hydroxylation sites is 1. The maximum atomic E-state index is 12.8. The third-order valence-electron chi connectivity index (χ3n) is 4.41. The topological polar surface area (TPSA) is 75.3 Å². The quantitative estimate of drug-likeness (QED) is 0.584. The second-order valence-electron chi connectivity index (χ2n) is 6.79. The molecule has 0 bridgehead atoms. The number of rotatable bonds is 7. The van der Waals surface area contributed by atoms with Gasteiger partial charge in [-0.15, -0.1) is 0 Å². The van der Waals surface area contributed by atoms with E-state index in [1.165, 1.54) is 12.1 Å². The van der Waals surface area contributed by atoms with Crippen molar-refractivity contribution in [1.29, 1.82) is 0 Å². The molecule has 0 aliphatic heterocycles. The van der Waals surface area contributed by atoms with Crippen LogP contribution in [0.1, 0.15) is 23.2 Å². The molecule has 0 spiro atoms. The largest absolute Gasteiger partial charge is 0.321 e. The first-order valence-electron chi connectivity index (χ1n) is 9.27. The molecule has 0 radical (unpaired) electrons. The summed E-state index contributed by atoms with van der Waals surface area (Å²) in [6.07, 6.45) is 1.71. The van der Waals surface area contributed by atoms with Gasteiger partial charge in [-0.2, -0.15) is 0 Å². The molecule has 0 atom stereocenters. The normalized spacial score (nSPS) is 13.8. The fourth-order valence-electron chi connectivity index (χ4n) is 2.76. The van der Waals surface area contributed by atoms with Crippen LogP contribution in [0, 0.1) is 0 Å². The molecular weight excluding hydrogens is 404 g/mol. The van der Waals surface area contributed by atoms with Crippen molar-refractivity contribution in [3.05, 3.63) is 84.4 Å². The average molecular weight is 425 g/mol. The zero-order valence-electron chi connectivity index (χ0n) is 15.5. The average Bonchev–Trinajstić information content (AvgIpc) is 3.54. The smallest absolute Gasteiger partial charge is 0.255 e. The number of benzene rings is 3. The molecule has 148 valence electrons. The Morgan fingerprint density at radius 3 is 2.38 bits per heavy atom. The third-order valence-corrected chi connectivity index (χ3v) is 7.01. The van der Waals surface area contributed by atoms with Crippen molar-refractivity contribution in [3.8, 4) is 0 Å². The van der Waals surface area contributed by atoms with Gasteiger partial charge < -0.3 is 5.32 Å². The fourth-order valence-corrected chi connectivity index (χ4v) is 5.04. The Balaban J connectivity index is 1.54. The predicted molar refractivity (Wildman–Crippen MR) is 115 cm³/mol. The highest BCUT2D eigenvalue weighted by Crippen LogP contribution is 2.33. The van der Waals surface area contributed by atoms with Gasteiger partial charge in [0.25, 0.3) is 5.91 Å². The van der Waals surface area contributed by atoms with Gasteiger partial charge >= 0.3 is 0 Å². The third kappa shape index (κ3) is 5.06. The summed E-state index contributed by atoms with van der Waals surface area (Å²) in [5.74, 6) is -0.352. The number of sulfonamides is 1. The van der Waals surface area contributed by atoms with Gasteiger partial charge in [0.1, 0.15) is 0 Å². The molecule has 1 aliphatic carbocycles. The van der Waals surface area contributed by atoms with Gasteiger partial charge in [-0.3, -0.25) is 4.79 Å². The van der Waals surface area contributed by atoms with Crippen molar-refractivity contribution < 1.29 is 13.2 Å². The minimum Gasteiger partial charge on any atom is -0.321 e. The predicted octanol–water partition coefficient (Wildman–Crippen LogP) is 4.53. The van der Waals surface area contributed by atoms with E-state index in [0.29, 0.717) is 11.3 Å². The Morgan fingerprint density at radius 2 is 1.62 bits per heavy atom. The van der Waals surface area contributed by atoms with E-state index in [9.17, 15) is 13.2 Å². The molecule has 1 fully saturated rings. The molecule has 0 heterocycles. The standard InChI is InChI=1S/C22H20N2O3S2/c25-22(16-7-6-10-19(15-16)29(26,27)24-17-13-14-17)23-20-11-4-5-12-21(20)28-18-8-2-1-3-9-18/h1-12,15,17,24H,13-14H2,(H,23,25). The van der Waals surface area contributed by atoms with Crippen molar-refractivity contribution in [1.82, 2.24) is 4.72 Å². The van der Waals surface area contributed by atoms with E-state index >= 15 is 0 Å². The highest BCUT2D eigenvalue weighted by molar-refractivity contribution is 7.99. The molecule has 5 nitrogen and oxygen atoms in total. The molecule has 0 aromatic heterocycles. The summed E-state index contributed by atoms with van der Waals surface area (Å²) in [4.78, 5) is 14.9. The van der Waals surface area contributed by atoms with E-state index < -0.39 is 10.0 Å². The number of carbonyl (C=O) groups excluding carboxylic acids is 1. The second kappa shape index (κ2) is 8.41. The van der Waals surface area contributed by atoms with E-state index in [2.05, 4.69) is 10.0 Å². The summed E-state index contributed by atoms with van der Waals surface area (Å²) in [5.41, 5.74) is 0.971. The van der Waals surface area contributed by atoms with E-state index in [4.69, 9.17) is 0 Å². The molecule has 7 heteroatoms. The summed E-state index contributed by atoms with van der Waals surface area (Å²) < 4.78 is 27.5. The molecule has 3 aromatic carbocycles. The van der Waals surface area contributed by atoms with Crippen molar-refractivity contribution in [2.24, 2.45) is 0 Å². The number of hydrogen-bond acceptors (Lipinski definition) is 4. The summed E-state index contributed by atoms with van der Waals surface area (Å²) in [7, 11) is -3.61. The number of hydrogen-bond donors (Lipinski definition) is 2. The van der Waals surface area contributed by atoms with Crippen LogP contribution in [0.3, 0.4) is 0 Å². The first-order valence-corrected chi connectivity index (χ1v) is 11.6. The Morgan fingerprint density at radius 1 is 0.897 bits per heavy atom. The monoisotopic (exact) mass is 424 g/mol. The lowest BCUT2D eigenvalue weighted by Crippen LogP contribution is -2.26. The highest BCUT2D eigenvalue weighted by atomic mass is 32.2. The molecule has 1 saturated carbocycles. The number of carbonyl (C=O) groups is 1. The lowest BCUT2D eigenvalue weighted by atomic mass is 10.2. The van der Waals surface area contributed by atoms with Crippen LogP contribution in [-0.2, 0) is 10.0 Å². The Labute approximate surface area is 174 Å². The van der Waals surface area contributed by atoms with Gasteiger partial charge in [0.05, 0.1) is 10.6 Å². The van der Waals surface area contributed by atoms with Gasteiger partial charge in [0.15, 0.2) is 0 Å². The second-order valence-corrected chi connectivity index (χ2v) is 9.62. The van der Waals surface area contributed by atoms with Gasteiger partial charge in [-0.05, 0) is 55.3 Å². The molecule has 1 amide bonds. The SMILES string of the molecule is O=C(Nc1ccccc1Sc1ccccc1)c1cccc(S(=O)(=O)NC2CC2)c1. The van der Waals surface area contributed by atoms with Crippen LogP contribution >= 0.6 is 11.8 Å². The number of anilines is 1. The van der Waals surface area contributed by atoms with Crippen LogP contribution in [-0.4, -0.2) is 20.4 Å². The Hall–Kier alpha value is -2.61. The molecule has 3 aromatic rings. The maximum absolute atomic E-state index is 12.8. The zero-order valence-corrected chi connectivity index (χ0v) is 17.2. The van der Waals surface area contributed by atoms with Crippen LogP contribution < -0.4 is 10.0 Å². The van der Waals surface area contributed by atoms with Crippen LogP contribution in [0.15, 0.2) is 93.5 Å².